The van der Waals surface area contributed by atoms with Crippen molar-refractivity contribution >= 4 is 11.4 Å². The van der Waals surface area contributed by atoms with Crippen LogP contribution in [0.1, 0.15) is 11.1 Å². The zero-order chi connectivity index (χ0) is 19.9. The predicted octanol–water partition coefficient (Wildman–Crippen LogP) is 3.40. The van der Waals surface area contributed by atoms with Gasteiger partial charge in [-0.2, -0.15) is 49.7 Å². The first-order valence-electron chi connectivity index (χ1n) is 8.50. The van der Waals surface area contributed by atoms with E-state index in [0.717, 1.165) is 11.4 Å². The Kier molecular flexibility index (Phi) is 7.86. The van der Waals surface area contributed by atoms with Crippen LogP contribution in [0.3, 0.4) is 0 Å². The molecule has 2 aliphatic rings. The molecule has 2 heterocycles. The normalized spacial score (nSPS) is 14.1. The SMILES string of the molecule is CN1C=CN(c2[c-]cc(C#N)cc2)[CH-]1.CN1C=CN(c2[c-]cc(C#N)cc2)[CH-]1.[Ir]. The summed E-state index contributed by atoms with van der Waals surface area (Å²) in [5.74, 6) is 0. The molecule has 0 spiro atoms. The fourth-order valence-corrected chi connectivity index (χ4v) is 2.48. The number of nitrogens with zero attached hydrogens (tertiary/aromatic N) is 6. The van der Waals surface area contributed by atoms with Gasteiger partial charge in [0.2, 0.25) is 0 Å². The van der Waals surface area contributed by atoms with Crippen molar-refractivity contribution in [3.8, 4) is 12.1 Å². The van der Waals surface area contributed by atoms with Crippen LogP contribution in [0.25, 0.3) is 0 Å². The Labute approximate surface area is 185 Å². The number of nitriles is 2. The molecule has 6 nitrogen and oxygen atoms in total. The van der Waals surface area contributed by atoms with Crippen LogP contribution in [0.4, 0.5) is 11.4 Å². The summed E-state index contributed by atoms with van der Waals surface area (Å²) in [5, 5.41) is 17.2. The topological polar surface area (TPSA) is 60.5 Å². The van der Waals surface area contributed by atoms with Crippen LogP contribution in [-0.4, -0.2) is 23.9 Å². The number of benzene rings is 2. The first-order chi connectivity index (χ1) is 13.6. The van der Waals surface area contributed by atoms with Gasteiger partial charge in [0, 0.05) is 32.2 Å². The molecular formula is C22H18IrN6-4. The van der Waals surface area contributed by atoms with Gasteiger partial charge >= 0.3 is 0 Å². The molecule has 2 aromatic rings. The zero-order valence-corrected chi connectivity index (χ0v) is 18.3. The predicted molar refractivity (Wildman–Crippen MR) is 107 cm³/mol. The third-order valence-corrected chi connectivity index (χ3v) is 3.95. The van der Waals surface area contributed by atoms with Gasteiger partial charge in [-0.3, -0.25) is 0 Å². The van der Waals surface area contributed by atoms with Crippen molar-refractivity contribution in [1.82, 2.24) is 9.80 Å². The Hall–Kier alpha value is -3.25. The summed E-state index contributed by atoms with van der Waals surface area (Å²) in [6.07, 6.45) is 7.79. The van der Waals surface area contributed by atoms with Gasteiger partial charge in [0.15, 0.2) is 0 Å². The summed E-state index contributed by atoms with van der Waals surface area (Å²) < 4.78 is 0. The summed E-state index contributed by atoms with van der Waals surface area (Å²) in [7, 11) is 3.92. The minimum absolute atomic E-state index is 0. The maximum atomic E-state index is 8.62. The molecule has 0 amide bonds. The first-order valence-corrected chi connectivity index (χ1v) is 8.50. The largest absolute Gasteiger partial charge is 0.510 e. The van der Waals surface area contributed by atoms with Crippen molar-refractivity contribution < 1.29 is 20.1 Å². The zero-order valence-electron chi connectivity index (χ0n) is 15.9. The van der Waals surface area contributed by atoms with Crippen LogP contribution in [0.15, 0.2) is 61.2 Å². The van der Waals surface area contributed by atoms with Crippen LogP contribution in [0, 0.1) is 48.1 Å². The molecule has 0 aromatic heterocycles. The van der Waals surface area contributed by atoms with Gasteiger partial charge < -0.3 is 19.6 Å². The van der Waals surface area contributed by atoms with E-state index in [1.54, 1.807) is 24.3 Å². The van der Waals surface area contributed by atoms with Crippen molar-refractivity contribution in [1.29, 1.82) is 10.5 Å². The third-order valence-electron chi connectivity index (χ3n) is 3.95. The van der Waals surface area contributed by atoms with Crippen LogP contribution in [0.2, 0.25) is 0 Å². The molecule has 2 aromatic carbocycles. The van der Waals surface area contributed by atoms with Gasteiger partial charge in [-0.1, -0.05) is 11.1 Å². The van der Waals surface area contributed by atoms with Crippen molar-refractivity contribution in [2.24, 2.45) is 0 Å². The van der Waals surface area contributed by atoms with E-state index in [0.29, 0.717) is 11.1 Å². The van der Waals surface area contributed by atoms with E-state index in [9.17, 15) is 0 Å². The molecule has 0 N–H and O–H groups in total. The van der Waals surface area contributed by atoms with Crippen LogP contribution < -0.4 is 9.80 Å². The van der Waals surface area contributed by atoms with E-state index >= 15 is 0 Å². The molecule has 7 heteroatoms. The maximum Gasteiger partial charge on any atom is 0.0307 e. The number of hydrogen-bond acceptors (Lipinski definition) is 6. The first kappa shape index (κ1) is 22.0. The van der Waals surface area contributed by atoms with Crippen LogP contribution in [-0.2, 0) is 20.1 Å². The monoisotopic (exact) mass is 559 g/mol. The minimum atomic E-state index is 0. The second kappa shape index (κ2) is 10.3. The van der Waals surface area contributed by atoms with Gasteiger partial charge in [-0.05, 0) is 38.9 Å². The summed E-state index contributed by atoms with van der Waals surface area (Å²) in [6.45, 7) is 3.88. The number of anilines is 2. The summed E-state index contributed by atoms with van der Waals surface area (Å²) in [4.78, 5) is 7.79. The Morgan fingerprint density at radius 2 is 1.14 bits per heavy atom. The molecule has 0 saturated carbocycles. The van der Waals surface area contributed by atoms with Gasteiger partial charge in [0.1, 0.15) is 0 Å². The van der Waals surface area contributed by atoms with Crippen molar-refractivity contribution in [2.45, 2.75) is 0 Å². The molecule has 0 saturated heterocycles. The average Bonchev–Trinajstić information content (AvgIpc) is 3.37. The minimum Gasteiger partial charge on any atom is -0.510 e. The van der Waals surface area contributed by atoms with Crippen LogP contribution in [0.5, 0.6) is 0 Å². The Morgan fingerprint density at radius 3 is 1.38 bits per heavy atom. The molecule has 0 aliphatic carbocycles. The van der Waals surface area contributed by atoms with Gasteiger partial charge in [0.25, 0.3) is 0 Å². The van der Waals surface area contributed by atoms with E-state index in [1.165, 1.54) is 0 Å². The Balaban J connectivity index is 0.000000200. The second-order valence-electron chi connectivity index (χ2n) is 6.12. The summed E-state index contributed by atoms with van der Waals surface area (Å²) in [5.41, 5.74) is 3.13. The van der Waals surface area contributed by atoms with E-state index in [4.69, 9.17) is 10.5 Å². The smallest absolute Gasteiger partial charge is 0.0307 e. The molecule has 0 unspecified atom stereocenters. The number of rotatable bonds is 2. The van der Waals surface area contributed by atoms with E-state index in [1.807, 2.05) is 84.0 Å². The van der Waals surface area contributed by atoms with Gasteiger partial charge in [-0.25, -0.2) is 10.5 Å². The molecule has 0 atom stereocenters. The van der Waals surface area contributed by atoms with E-state index in [2.05, 4.69) is 24.3 Å². The van der Waals surface area contributed by atoms with E-state index < -0.39 is 0 Å². The molecule has 29 heavy (non-hydrogen) atoms. The number of hydrogen-bond donors (Lipinski definition) is 0. The van der Waals surface area contributed by atoms with Crippen molar-refractivity contribution in [3.63, 3.8) is 0 Å². The molecule has 1 radical (unpaired) electrons. The summed E-state index contributed by atoms with van der Waals surface area (Å²) in [6, 6.07) is 20.9. The van der Waals surface area contributed by atoms with Crippen molar-refractivity contribution in [2.75, 3.05) is 23.9 Å². The molecule has 4 rings (SSSR count). The Bertz CT molecular complexity index is 858. The fraction of sp³-hybridized carbons (Fsp3) is 0.0909. The van der Waals surface area contributed by atoms with E-state index in [-0.39, 0.29) is 20.1 Å². The molecule has 0 fully saturated rings. The average molecular weight is 559 g/mol. The third kappa shape index (κ3) is 5.86. The Morgan fingerprint density at radius 1 is 0.724 bits per heavy atom. The molecule has 2 aliphatic heterocycles. The molecular weight excluding hydrogens is 541 g/mol. The molecule has 0 bridgehead atoms. The molecule has 149 valence electrons. The van der Waals surface area contributed by atoms with Crippen LogP contribution >= 0.6 is 0 Å². The van der Waals surface area contributed by atoms with Crippen molar-refractivity contribution in [3.05, 3.63) is 97.8 Å². The standard InChI is InChI=1S/2C11H9N3.Ir/c2*1-13-6-7-14(9-13)11-4-2-10(8-12)3-5-11;/h2*2-4,6-7,9H,1H3;/q2*-2;. The fourth-order valence-electron chi connectivity index (χ4n) is 2.48. The maximum absolute atomic E-state index is 8.62. The van der Waals surface area contributed by atoms with Gasteiger partial charge in [-0.15, -0.1) is 23.5 Å². The second-order valence-corrected chi connectivity index (χ2v) is 6.12. The quantitative estimate of drug-likeness (QED) is 0.527. The summed E-state index contributed by atoms with van der Waals surface area (Å²) >= 11 is 0. The van der Waals surface area contributed by atoms with Gasteiger partial charge in [0.05, 0.1) is 0 Å².